The highest BCUT2D eigenvalue weighted by Crippen LogP contribution is 2.47. The topological polar surface area (TPSA) is 78.8 Å². The second kappa shape index (κ2) is 9.34. The number of nitrogens with zero attached hydrogens (tertiary/aromatic N) is 4. The Bertz CT molecular complexity index is 1100. The van der Waals surface area contributed by atoms with E-state index in [1.807, 2.05) is 12.3 Å². The maximum atomic E-state index is 14.3. The minimum Gasteiger partial charge on any atom is -0.465 e. The van der Waals surface area contributed by atoms with Crippen molar-refractivity contribution in [2.24, 2.45) is 5.41 Å². The molecule has 1 saturated heterocycles. The van der Waals surface area contributed by atoms with Crippen molar-refractivity contribution < 1.29 is 19.0 Å². The Balaban J connectivity index is 1.44. The molecule has 1 N–H and O–H groups in total. The summed E-state index contributed by atoms with van der Waals surface area (Å²) in [6, 6.07) is 5.23. The molecule has 1 aromatic heterocycles. The van der Waals surface area contributed by atoms with Crippen LogP contribution in [0.2, 0.25) is 0 Å². The van der Waals surface area contributed by atoms with Gasteiger partial charge in [0.1, 0.15) is 11.6 Å². The monoisotopic (exact) mass is 486 g/mol. The predicted molar refractivity (Wildman–Crippen MR) is 129 cm³/mol. The second-order valence-electron chi connectivity index (χ2n) is 9.72. The lowest BCUT2D eigenvalue weighted by Gasteiger charge is -2.44. The first-order valence-corrected chi connectivity index (χ1v) is 13.1. The summed E-state index contributed by atoms with van der Waals surface area (Å²) < 4.78 is 19.6. The van der Waals surface area contributed by atoms with Gasteiger partial charge in [0, 0.05) is 32.3 Å². The third kappa shape index (κ3) is 4.24. The van der Waals surface area contributed by atoms with Crippen LogP contribution in [-0.4, -0.2) is 71.7 Å². The van der Waals surface area contributed by atoms with E-state index in [0.29, 0.717) is 26.2 Å². The van der Waals surface area contributed by atoms with Gasteiger partial charge < -0.3 is 14.7 Å². The Labute approximate surface area is 203 Å². The minimum atomic E-state index is -0.910. The molecule has 5 rings (SSSR count). The summed E-state index contributed by atoms with van der Waals surface area (Å²) in [5.41, 5.74) is 4.42. The van der Waals surface area contributed by atoms with Gasteiger partial charge in [-0.1, -0.05) is 23.9 Å². The summed E-state index contributed by atoms with van der Waals surface area (Å²) in [6.07, 6.45) is 6.51. The molecule has 3 aliphatic rings. The van der Waals surface area contributed by atoms with Gasteiger partial charge in [-0.3, -0.25) is 4.90 Å². The summed E-state index contributed by atoms with van der Waals surface area (Å²) in [5, 5.41) is 10.3. The number of aromatic nitrogens is 2. The van der Waals surface area contributed by atoms with E-state index in [0.717, 1.165) is 66.3 Å². The number of hydrogen-bond acceptors (Lipinski definition) is 6. The smallest absolute Gasteiger partial charge is 0.407 e. The minimum absolute atomic E-state index is 0.0797. The molecule has 2 heterocycles. The largest absolute Gasteiger partial charge is 0.465 e. The first-order valence-electron chi connectivity index (χ1n) is 11.9. The Morgan fingerprint density at radius 2 is 2.03 bits per heavy atom. The molecule has 34 heavy (non-hydrogen) atoms. The number of benzene rings is 1. The summed E-state index contributed by atoms with van der Waals surface area (Å²) in [4.78, 5) is 25.2. The lowest BCUT2D eigenvalue weighted by atomic mass is 9.63. The zero-order valence-electron chi connectivity index (χ0n) is 19.7. The lowest BCUT2D eigenvalue weighted by Crippen LogP contribution is -2.57. The fraction of sp³-hybridized carbons (Fsp3) is 0.560. The summed E-state index contributed by atoms with van der Waals surface area (Å²) in [6.45, 7) is 1.92. The van der Waals surface area contributed by atoms with Crippen LogP contribution in [0, 0.1) is 11.2 Å². The molecule has 9 heteroatoms. The molecule has 0 saturated carbocycles. The normalized spacial score (nSPS) is 24.1. The molecule has 2 atom stereocenters. The molecule has 1 aliphatic heterocycles. The highest BCUT2D eigenvalue weighted by molar-refractivity contribution is 7.98. The van der Waals surface area contributed by atoms with E-state index >= 15 is 0 Å². The van der Waals surface area contributed by atoms with E-state index in [4.69, 9.17) is 14.7 Å². The Kier molecular flexibility index (Phi) is 6.41. The van der Waals surface area contributed by atoms with Gasteiger partial charge in [-0.05, 0) is 67.4 Å². The number of hydrogen-bond donors (Lipinski definition) is 1. The zero-order valence-corrected chi connectivity index (χ0v) is 20.5. The van der Waals surface area contributed by atoms with Crippen molar-refractivity contribution in [2.45, 2.75) is 49.7 Å². The SMILES string of the molecule is COC[C@H]1CN(c2nc(SC)nc3c2CC[C@@]2(CCc4c(F)cccc4C2)C3)CCN1C(=O)O. The molecule has 1 aromatic carbocycles. The van der Waals surface area contributed by atoms with Crippen molar-refractivity contribution in [2.75, 3.05) is 44.5 Å². The Hall–Kier alpha value is -2.39. The number of amides is 1. The fourth-order valence-electron chi connectivity index (χ4n) is 6.01. The van der Waals surface area contributed by atoms with Crippen LogP contribution in [0.25, 0.3) is 0 Å². The van der Waals surface area contributed by atoms with Crippen LogP contribution in [-0.2, 0) is 30.4 Å². The highest BCUT2D eigenvalue weighted by atomic mass is 32.2. The lowest BCUT2D eigenvalue weighted by molar-refractivity contribution is 0.0734. The highest BCUT2D eigenvalue weighted by Gasteiger charge is 2.41. The molecular formula is C25H31FN4O3S. The summed E-state index contributed by atoms with van der Waals surface area (Å²) in [7, 11) is 1.60. The van der Waals surface area contributed by atoms with Gasteiger partial charge >= 0.3 is 6.09 Å². The first-order chi connectivity index (χ1) is 16.4. The number of thioether (sulfide) groups is 1. The number of carbonyl (C=O) groups is 1. The van der Waals surface area contributed by atoms with E-state index in [-0.39, 0.29) is 17.3 Å². The van der Waals surface area contributed by atoms with Gasteiger partial charge in [-0.25, -0.2) is 19.2 Å². The molecule has 2 aromatic rings. The van der Waals surface area contributed by atoms with E-state index < -0.39 is 6.09 Å². The average molecular weight is 487 g/mol. The van der Waals surface area contributed by atoms with Crippen molar-refractivity contribution in [3.05, 3.63) is 46.4 Å². The van der Waals surface area contributed by atoms with Crippen LogP contribution in [0.3, 0.4) is 0 Å². The second-order valence-corrected chi connectivity index (χ2v) is 10.5. The number of halogens is 1. The van der Waals surface area contributed by atoms with Crippen molar-refractivity contribution in [3.8, 4) is 0 Å². The third-order valence-corrected chi connectivity index (χ3v) is 8.30. The quantitative estimate of drug-likeness (QED) is 0.520. The standard InChI is InChI=1S/C25H31FN4O3S/c1-33-15-17-14-29(10-11-30(17)24(31)32)22-19-7-9-25(13-21(19)27-23(28-22)34-2)8-6-18-16(12-25)4-3-5-20(18)26/h3-5,17H,6-15H2,1-2H3,(H,31,32)/t17-,25-/m1/s1. The van der Waals surface area contributed by atoms with Gasteiger partial charge in [-0.15, -0.1) is 0 Å². The number of carboxylic acid groups (broad SMARTS) is 1. The third-order valence-electron chi connectivity index (χ3n) is 7.75. The van der Waals surface area contributed by atoms with Gasteiger partial charge in [0.2, 0.25) is 0 Å². The Morgan fingerprint density at radius 1 is 1.24 bits per heavy atom. The van der Waals surface area contributed by atoms with Gasteiger partial charge in [0.25, 0.3) is 0 Å². The molecule has 182 valence electrons. The molecule has 0 unspecified atom stereocenters. The van der Waals surface area contributed by atoms with Crippen molar-refractivity contribution in [1.82, 2.24) is 14.9 Å². The van der Waals surface area contributed by atoms with Gasteiger partial charge in [0.05, 0.1) is 18.3 Å². The number of anilines is 1. The van der Waals surface area contributed by atoms with E-state index in [2.05, 4.69) is 11.0 Å². The molecule has 1 spiro atoms. The van der Waals surface area contributed by atoms with Crippen molar-refractivity contribution >= 4 is 23.7 Å². The molecule has 2 aliphatic carbocycles. The maximum Gasteiger partial charge on any atom is 0.407 e. The number of fused-ring (bicyclic) bond motifs is 2. The Morgan fingerprint density at radius 3 is 2.76 bits per heavy atom. The molecule has 1 fully saturated rings. The molecule has 0 radical (unpaired) electrons. The fourth-order valence-corrected chi connectivity index (χ4v) is 6.39. The number of ether oxygens (including phenoxy) is 1. The van der Waals surface area contributed by atoms with Crippen LogP contribution >= 0.6 is 11.8 Å². The molecular weight excluding hydrogens is 455 g/mol. The van der Waals surface area contributed by atoms with Gasteiger partial charge in [-0.2, -0.15) is 0 Å². The van der Waals surface area contributed by atoms with E-state index in [9.17, 15) is 14.3 Å². The number of methoxy groups -OCH3 is 1. The number of piperazine rings is 1. The van der Waals surface area contributed by atoms with Crippen LogP contribution in [0.1, 0.15) is 35.2 Å². The summed E-state index contributed by atoms with van der Waals surface area (Å²) >= 11 is 1.53. The van der Waals surface area contributed by atoms with Crippen molar-refractivity contribution in [3.63, 3.8) is 0 Å². The molecule has 0 bridgehead atoms. The summed E-state index contributed by atoms with van der Waals surface area (Å²) in [5.74, 6) is 0.863. The van der Waals surface area contributed by atoms with Crippen LogP contribution in [0.15, 0.2) is 23.4 Å². The number of rotatable bonds is 4. The van der Waals surface area contributed by atoms with Crippen LogP contribution in [0.5, 0.6) is 0 Å². The average Bonchev–Trinajstić information content (AvgIpc) is 2.83. The zero-order chi connectivity index (χ0) is 23.9. The molecule has 1 amide bonds. The van der Waals surface area contributed by atoms with Crippen molar-refractivity contribution in [1.29, 1.82) is 0 Å². The van der Waals surface area contributed by atoms with Crippen LogP contribution < -0.4 is 4.90 Å². The maximum absolute atomic E-state index is 14.3. The van der Waals surface area contributed by atoms with Crippen LogP contribution in [0.4, 0.5) is 15.0 Å². The van der Waals surface area contributed by atoms with E-state index in [1.165, 1.54) is 22.2 Å². The van der Waals surface area contributed by atoms with E-state index in [1.54, 1.807) is 13.2 Å². The predicted octanol–water partition coefficient (Wildman–Crippen LogP) is 3.82. The first kappa shape index (κ1) is 23.4. The molecule has 7 nitrogen and oxygen atoms in total. The van der Waals surface area contributed by atoms with Gasteiger partial charge in [0.15, 0.2) is 5.16 Å².